The lowest BCUT2D eigenvalue weighted by atomic mass is 9.89. The van der Waals surface area contributed by atoms with Crippen LogP contribution in [-0.2, 0) is 19.4 Å². The number of fused-ring (bicyclic) bond motifs is 3. The molecule has 1 aliphatic carbocycles. The molecule has 0 saturated heterocycles. The van der Waals surface area contributed by atoms with E-state index in [2.05, 4.69) is 11.9 Å². The van der Waals surface area contributed by atoms with E-state index < -0.39 is 0 Å². The maximum atomic E-state index is 13.0. The first-order valence-electron chi connectivity index (χ1n) is 11.1. The fourth-order valence-corrected chi connectivity index (χ4v) is 5.65. The fourth-order valence-electron chi connectivity index (χ4n) is 4.26. The number of aromatic amines is 1. The van der Waals surface area contributed by atoms with Gasteiger partial charge in [0.05, 0.1) is 12.0 Å². The summed E-state index contributed by atoms with van der Waals surface area (Å²) in [5.74, 6) is 2.53. The fraction of sp³-hybridized carbons (Fsp3) is 0.308. The standard InChI is InChI=1S/C26H26N2O3S/c1-3-30-21-14-18(10-12-20(21)31-15-17-7-5-4-6-8-17)24-27-25(29)23-19-11-9-16(2)13-22(19)32-26(23)28-24/h4-8,10,12,14,16H,3,9,11,13,15H2,1-2H3,(H,27,28,29). The van der Waals surface area contributed by atoms with Crippen LogP contribution in [0.25, 0.3) is 21.6 Å². The summed E-state index contributed by atoms with van der Waals surface area (Å²) < 4.78 is 11.9. The first-order valence-corrected chi connectivity index (χ1v) is 11.9. The minimum Gasteiger partial charge on any atom is -0.490 e. The molecule has 0 radical (unpaired) electrons. The Bertz CT molecular complexity index is 1310. The van der Waals surface area contributed by atoms with Gasteiger partial charge < -0.3 is 14.5 Å². The summed E-state index contributed by atoms with van der Waals surface area (Å²) in [6.07, 6.45) is 3.12. The number of ether oxygens (including phenoxy) is 2. The lowest BCUT2D eigenvalue weighted by Crippen LogP contribution is -2.13. The van der Waals surface area contributed by atoms with E-state index in [0.29, 0.717) is 36.5 Å². The average molecular weight is 447 g/mol. The van der Waals surface area contributed by atoms with E-state index in [-0.39, 0.29) is 5.56 Å². The van der Waals surface area contributed by atoms with E-state index >= 15 is 0 Å². The zero-order chi connectivity index (χ0) is 22.1. The molecule has 2 aromatic carbocycles. The molecule has 2 aromatic heterocycles. The smallest absolute Gasteiger partial charge is 0.260 e. The number of H-pyrrole nitrogens is 1. The lowest BCUT2D eigenvalue weighted by Gasteiger charge is -2.17. The van der Waals surface area contributed by atoms with Crippen molar-refractivity contribution >= 4 is 21.6 Å². The van der Waals surface area contributed by atoms with Crippen LogP contribution in [0.2, 0.25) is 0 Å². The lowest BCUT2D eigenvalue weighted by molar-refractivity contribution is 0.269. The van der Waals surface area contributed by atoms with Crippen molar-refractivity contribution in [2.45, 2.75) is 39.7 Å². The topological polar surface area (TPSA) is 64.2 Å². The average Bonchev–Trinajstić information content (AvgIpc) is 3.17. The Labute approximate surface area is 191 Å². The van der Waals surface area contributed by atoms with Crippen LogP contribution in [0.3, 0.4) is 0 Å². The predicted octanol–water partition coefficient (Wildman–Crippen LogP) is 5.75. The maximum Gasteiger partial charge on any atom is 0.260 e. The van der Waals surface area contributed by atoms with Gasteiger partial charge in [0.2, 0.25) is 0 Å². The number of aromatic nitrogens is 2. The molecule has 6 heteroatoms. The van der Waals surface area contributed by atoms with E-state index in [1.807, 2.05) is 55.5 Å². The summed E-state index contributed by atoms with van der Waals surface area (Å²) in [5, 5.41) is 0.772. The van der Waals surface area contributed by atoms with E-state index in [0.717, 1.165) is 40.6 Å². The number of rotatable bonds is 6. The number of hydrogen-bond acceptors (Lipinski definition) is 5. The molecule has 0 spiro atoms. The molecule has 0 aliphatic heterocycles. The van der Waals surface area contributed by atoms with Gasteiger partial charge in [0.15, 0.2) is 11.5 Å². The second kappa shape index (κ2) is 8.79. The molecular weight excluding hydrogens is 420 g/mol. The molecule has 2 heterocycles. The number of hydrogen-bond donors (Lipinski definition) is 1. The minimum atomic E-state index is -0.0561. The molecule has 32 heavy (non-hydrogen) atoms. The van der Waals surface area contributed by atoms with E-state index in [1.165, 1.54) is 10.4 Å². The molecule has 5 nitrogen and oxygen atoms in total. The molecule has 4 aromatic rings. The van der Waals surface area contributed by atoms with Gasteiger partial charge in [0, 0.05) is 10.4 Å². The molecule has 1 unspecified atom stereocenters. The maximum absolute atomic E-state index is 13.0. The molecule has 1 aliphatic rings. The summed E-state index contributed by atoms with van der Waals surface area (Å²) in [5.41, 5.74) is 3.04. The first kappa shape index (κ1) is 20.8. The first-order chi connectivity index (χ1) is 15.6. The van der Waals surface area contributed by atoms with Crippen molar-refractivity contribution in [3.8, 4) is 22.9 Å². The predicted molar refractivity (Wildman–Crippen MR) is 129 cm³/mol. The van der Waals surface area contributed by atoms with Gasteiger partial charge in [-0.1, -0.05) is 37.3 Å². The van der Waals surface area contributed by atoms with Crippen molar-refractivity contribution in [2.75, 3.05) is 6.61 Å². The molecule has 0 saturated carbocycles. The van der Waals surface area contributed by atoms with Crippen molar-refractivity contribution in [2.24, 2.45) is 5.92 Å². The number of nitrogens with zero attached hydrogens (tertiary/aromatic N) is 1. The van der Waals surface area contributed by atoms with Crippen molar-refractivity contribution in [1.82, 2.24) is 9.97 Å². The number of nitrogens with one attached hydrogen (secondary N) is 1. The largest absolute Gasteiger partial charge is 0.490 e. The highest BCUT2D eigenvalue weighted by molar-refractivity contribution is 7.18. The van der Waals surface area contributed by atoms with Crippen LogP contribution < -0.4 is 15.0 Å². The second-order valence-electron chi connectivity index (χ2n) is 8.32. The SMILES string of the molecule is CCOc1cc(-c2nc3sc4c(c3c(=O)[nH]2)CCC(C)C4)ccc1OCc1ccccc1. The summed E-state index contributed by atoms with van der Waals surface area (Å²) in [6.45, 7) is 5.19. The number of thiophene rings is 1. The van der Waals surface area contributed by atoms with Crippen molar-refractivity contribution in [3.05, 3.63) is 74.9 Å². The quantitative estimate of drug-likeness (QED) is 0.409. The third kappa shape index (κ3) is 4.02. The normalized spacial score (nSPS) is 15.5. The molecule has 0 bridgehead atoms. The van der Waals surface area contributed by atoms with Gasteiger partial charge in [-0.05, 0) is 61.4 Å². The van der Waals surface area contributed by atoms with Crippen LogP contribution in [0.5, 0.6) is 11.5 Å². The van der Waals surface area contributed by atoms with Crippen molar-refractivity contribution in [1.29, 1.82) is 0 Å². The van der Waals surface area contributed by atoms with Crippen LogP contribution in [0.4, 0.5) is 0 Å². The molecule has 1 N–H and O–H groups in total. The molecule has 0 amide bonds. The molecule has 164 valence electrons. The van der Waals surface area contributed by atoms with E-state index in [1.54, 1.807) is 11.3 Å². The van der Waals surface area contributed by atoms with Gasteiger partial charge in [-0.15, -0.1) is 11.3 Å². The number of benzene rings is 2. The molecule has 5 rings (SSSR count). The van der Waals surface area contributed by atoms with Crippen LogP contribution >= 0.6 is 11.3 Å². The Kier molecular flexibility index (Phi) is 5.70. The summed E-state index contributed by atoms with van der Waals surface area (Å²) >= 11 is 1.66. The van der Waals surface area contributed by atoms with Gasteiger partial charge in [-0.3, -0.25) is 4.79 Å². The second-order valence-corrected chi connectivity index (χ2v) is 9.40. The van der Waals surface area contributed by atoms with Crippen LogP contribution in [-0.4, -0.2) is 16.6 Å². The zero-order valence-electron chi connectivity index (χ0n) is 18.3. The minimum absolute atomic E-state index is 0.0561. The molecule has 0 fully saturated rings. The Balaban J connectivity index is 1.48. The van der Waals surface area contributed by atoms with Crippen molar-refractivity contribution < 1.29 is 9.47 Å². The van der Waals surface area contributed by atoms with Crippen LogP contribution in [0, 0.1) is 5.92 Å². The highest BCUT2D eigenvalue weighted by Gasteiger charge is 2.23. The van der Waals surface area contributed by atoms with E-state index in [9.17, 15) is 4.79 Å². The summed E-state index contributed by atoms with van der Waals surface area (Å²) in [4.78, 5) is 22.9. The van der Waals surface area contributed by atoms with Gasteiger partial charge in [0.25, 0.3) is 5.56 Å². The Morgan fingerprint density at radius 2 is 1.97 bits per heavy atom. The zero-order valence-corrected chi connectivity index (χ0v) is 19.1. The van der Waals surface area contributed by atoms with Gasteiger partial charge in [-0.25, -0.2) is 4.98 Å². The van der Waals surface area contributed by atoms with Gasteiger partial charge in [0.1, 0.15) is 17.3 Å². The molecule has 1 atom stereocenters. The highest BCUT2D eigenvalue weighted by Crippen LogP contribution is 2.37. The molecular formula is C26H26N2O3S. The van der Waals surface area contributed by atoms with Crippen LogP contribution in [0.15, 0.2) is 53.3 Å². The summed E-state index contributed by atoms with van der Waals surface area (Å²) in [6, 6.07) is 15.7. The third-order valence-electron chi connectivity index (χ3n) is 5.92. The monoisotopic (exact) mass is 446 g/mol. The Morgan fingerprint density at radius 1 is 1.12 bits per heavy atom. The van der Waals surface area contributed by atoms with Gasteiger partial charge >= 0.3 is 0 Å². The Hall–Kier alpha value is -3.12. The van der Waals surface area contributed by atoms with Crippen molar-refractivity contribution in [3.63, 3.8) is 0 Å². The van der Waals surface area contributed by atoms with E-state index in [4.69, 9.17) is 14.5 Å². The van der Waals surface area contributed by atoms with Gasteiger partial charge in [-0.2, -0.15) is 0 Å². The van der Waals surface area contributed by atoms with Crippen LogP contribution in [0.1, 0.15) is 36.3 Å². The number of aryl methyl sites for hydroxylation is 1. The third-order valence-corrected chi connectivity index (χ3v) is 7.07. The Morgan fingerprint density at radius 3 is 2.78 bits per heavy atom. The highest BCUT2D eigenvalue weighted by atomic mass is 32.1. The summed E-state index contributed by atoms with van der Waals surface area (Å²) in [7, 11) is 0.